The van der Waals surface area contributed by atoms with E-state index in [1.807, 2.05) is 20.0 Å². The van der Waals surface area contributed by atoms with Crippen LogP contribution in [-0.2, 0) is 6.54 Å². The summed E-state index contributed by atoms with van der Waals surface area (Å²) in [7, 11) is 1.72. The number of aliphatic hydroxyl groups is 1. The summed E-state index contributed by atoms with van der Waals surface area (Å²) in [5, 5.41) is 9.56. The van der Waals surface area contributed by atoms with Gasteiger partial charge in [-0.3, -0.25) is 14.8 Å². The van der Waals surface area contributed by atoms with Crippen molar-refractivity contribution in [2.75, 3.05) is 33.3 Å². The summed E-state index contributed by atoms with van der Waals surface area (Å²) in [5.41, 5.74) is 3.32. The van der Waals surface area contributed by atoms with Crippen molar-refractivity contribution in [1.82, 2.24) is 14.8 Å². The van der Waals surface area contributed by atoms with E-state index in [1.54, 1.807) is 7.11 Å². The van der Waals surface area contributed by atoms with Gasteiger partial charge in [-0.25, -0.2) is 0 Å². The number of piperazine rings is 1. The molecule has 0 amide bonds. The number of pyridine rings is 1. The lowest BCUT2D eigenvalue weighted by molar-refractivity contribution is 0.0417. The standard InChI is InChI=1S/C17H29N3O2/c1-12-8-18-16(15(4)17(12)22-5)11-19-6-7-20(10-14(3)21)13(2)9-19/h8,13-14,21H,6-7,9-11H2,1-5H3/t13-,14-/m1/s1. The normalized spacial score (nSPS) is 21.8. The summed E-state index contributed by atoms with van der Waals surface area (Å²) in [6.07, 6.45) is 1.63. The second-order valence-electron chi connectivity index (χ2n) is 6.47. The topological polar surface area (TPSA) is 48.8 Å². The molecule has 0 aliphatic carbocycles. The Kier molecular flexibility index (Phi) is 5.78. The quantitative estimate of drug-likeness (QED) is 0.895. The third-order valence-corrected chi connectivity index (χ3v) is 4.47. The highest BCUT2D eigenvalue weighted by Crippen LogP contribution is 2.25. The molecular weight excluding hydrogens is 278 g/mol. The molecule has 0 aromatic carbocycles. The van der Waals surface area contributed by atoms with E-state index < -0.39 is 0 Å². The maximum atomic E-state index is 9.56. The lowest BCUT2D eigenvalue weighted by atomic mass is 10.1. The number of aromatic nitrogens is 1. The molecule has 2 heterocycles. The highest BCUT2D eigenvalue weighted by atomic mass is 16.5. The zero-order valence-electron chi connectivity index (χ0n) is 14.5. The van der Waals surface area contributed by atoms with E-state index in [0.717, 1.165) is 55.3 Å². The van der Waals surface area contributed by atoms with Crippen molar-refractivity contribution in [2.45, 2.75) is 46.4 Å². The van der Waals surface area contributed by atoms with Crippen LogP contribution in [0.3, 0.4) is 0 Å². The van der Waals surface area contributed by atoms with Crippen molar-refractivity contribution in [3.05, 3.63) is 23.0 Å². The van der Waals surface area contributed by atoms with Gasteiger partial charge in [0.25, 0.3) is 0 Å². The number of ether oxygens (including phenoxy) is 1. The maximum Gasteiger partial charge on any atom is 0.128 e. The molecule has 1 saturated heterocycles. The fourth-order valence-corrected chi connectivity index (χ4v) is 3.27. The molecule has 1 aliphatic rings. The average Bonchev–Trinajstić information content (AvgIpc) is 2.45. The predicted octanol–water partition coefficient (Wildman–Crippen LogP) is 1.59. The summed E-state index contributed by atoms with van der Waals surface area (Å²) in [6.45, 7) is 12.8. The third-order valence-electron chi connectivity index (χ3n) is 4.47. The Hall–Kier alpha value is -1.17. The van der Waals surface area contributed by atoms with Gasteiger partial charge in [-0.15, -0.1) is 0 Å². The van der Waals surface area contributed by atoms with Gasteiger partial charge in [-0.2, -0.15) is 0 Å². The third kappa shape index (κ3) is 3.97. The number of aliphatic hydroxyl groups excluding tert-OH is 1. The molecule has 0 saturated carbocycles. The zero-order chi connectivity index (χ0) is 16.3. The SMILES string of the molecule is COc1c(C)cnc(CN2CCN(C[C@@H](C)O)[C@H](C)C2)c1C. The van der Waals surface area contributed by atoms with Gasteiger partial charge < -0.3 is 9.84 Å². The second-order valence-corrected chi connectivity index (χ2v) is 6.47. The minimum atomic E-state index is -0.265. The van der Waals surface area contributed by atoms with Crippen molar-refractivity contribution >= 4 is 0 Å². The molecule has 1 N–H and O–H groups in total. The molecule has 0 bridgehead atoms. The first-order valence-corrected chi connectivity index (χ1v) is 8.06. The Labute approximate surface area is 133 Å². The van der Waals surface area contributed by atoms with Crippen LogP contribution in [0, 0.1) is 13.8 Å². The summed E-state index contributed by atoms with van der Waals surface area (Å²) in [4.78, 5) is 9.39. The fourth-order valence-electron chi connectivity index (χ4n) is 3.27. The molecule has 2 rings (SSSR count). The Morgan fingerprint density at radius 1 is 1.41 bits per heavy atom. The lowest BCUT2D eigenvalue weighted by Gasteiger charge is -2.40. The van der Waals surface area contributed by atoms with Crippen molar-refractivity contribution in [1.29, 1.82) is 0 Å². The molecule has 22 heavy (non-hydrogen) atoms. The molecule has 1 aliphatic heterocycles. The van der Waals surface area contributed by atoms with E-state index in [9.17, 15) is 5.11 Å². The molecule has 0 unspecified atom stereocenters. The van der Waals surface area contributed by atoms with E-state index in [-0.39, 0.29) is 6.10 Å². The lowest BCUT2D eigenvalue weighted by Crippen LogP contribution is -2.53. The summed E-state index contributed by atoms with van der Waals surface area (Å²) in [6, 6.07) is 0.455. The van der Waals surface area contributed by atoms with Crippen LogP contribution >= 0.6 is 0 Å². The number of β-amino-alcohol motifs (C(OH)–C–C–N with tert-alkyl or cyclic N) is 1. The monoisotopic (exact) mass is 307 g/mol. The van der Waals surface area contributed by atoms with Crippen LogP contribution in [0.5, 0.6) is 5.75 Å². The van der Waals surface area contributed by atoms with Crippen molar-refractivity contribution in [3.8, 4) is 5.75 Å². The molecule has 0 spiro atoms. The molecule has 1 aromatic rings. The number of aryl methyl sites for hydroxylation is 1. The van der Waals surface area contributed by atoms with Crippen LogP contribution in [-0.4, -0.2) is 65.3 Å². The van der Waals surface area contributed by atoms with E-state index in [1.165, 1.54) is 0 Å². The van der Waals surface area contributed by atoms with Gasteiger partial charge in [0, 0.05) is 56.1 Å². The molecule has 0 radical (unpaired) electrons. The Bertz CT molecular complexity index is 505. The van der Waals surface area contributed by atoms with Gasteiger partial charge in [-0.1, -0.05) is 0 Å². The van der Waals surface area contributed by atoms with E-state index in [0.29, 0.717) is 6.04 Å². The van der Waals surface area contributed by atoms with Crippen molar-refractivity contribution in [3.63, 3.8) is 0 Å². The van der Waals surface area contributed by atoms with Gasteiger partial charge in [0.15, 0.2) is 0 Å². The highest BCUT2D eigenvalue weighted by Gasteiger charge is 2.25. The zero-order valence-corrected chi connectivity index (χ0v) is 14.5. The van der Waals surface area contributed by atoms with Crippen LogP contribution < -0.4 is 4.74 Å². The average molecular weight is 307 g/mol. The highest BCUT2D eigenvalue weighted by molar-refractivity contribution is 5.41. The second kappa shape index (κ2) is 7.40. The van der Waals surface area contributed by atoms with Crippen molar-refractivity contribution in [2.24, 2.45) is 0 Å². The van der Waals surface area contributed by atoms with E-state index in [4.69, 9.17) is 4.74 Å². The fraction of sp³-hybridized carbons (Fsp3) is 0.706. The Balaban J connectivity index is 2.01. The summed E-state index contributed by atoms with van der Waals surface area (Å²) in [5.74, 6) is 0.950. The minimum absolute atomic E-state index is 0.265. The van der Waals surface area contributed by atoms with E-state index in [2.05, 4.69) is 28.6 Å². The first-order valence-electron chi connectivity index (χ1n) is 8.06. The van der Waals surface area contributed by atoms with Gasteiger partial charge in [0.2, 0.25) is 0 Å². The molecule has 124 valence electrons. The number of methoxy groups -OCH3 is 1. The molecule has 5 nitrogen and oxygen atoms in total. The van der Waals surface area contributed by atoms with E-state index >= 15 is 0 Å². The number of nitrogens with zero attached hydrogens (tertiary/aromatic N) is 3. The summed E-state index contributed by atoms with van der Waals surface area (Å²) >= 11 is 0. The van der Waals surface area contributed by atoms with Gasteiger partial charge in [-0.05, 0) is 27.7 Å². The van der Waals surface area contributed by atoms with Crippen LogP contribution in [0.2, 0.25) is 0 Å². The van der Waals surface area contributed by atoms with Gasteiger partial charge >= 0.3 is 0 Å². The van der Waals surface area contributed by atoms with Crippen LogP contribution in [0.4, 0.5) is 0 Å². The smallest absolute Gasteiger partial charge is 0.128 e. The van der Waals surface area contributed by atoms with Crippen LogP contribution in [0.25, 0.3) is 0 Å². The number of rotatable bonds is 5. The largest absolute Gasteiger partial charge is 0.496 e. The predicted molar refractivity (Wildman–Crippen MR) is 88.3 cm³/mol. The molecule has 1 fully saturated rings. The maximum absolute atomic E-state index is 9.56. The molecule has 2 atom stereocenters. The minimum Gasteiger partial charge on any atom is -0.496 e. The van der Waals surface area contributed by atoms with Crippen molar-refractivity contribution < 1.29 is 9.84 Å². The first-order chi connectivity index (χ1) is 10.4. The molecule has 1 aromatic heterocycles. The number of hydrogen-bond donors (Lipinski definition) is 1. The molecular formula is C17H29N3O2. The van der Waals surface area contributed by atoms with Crippen LogP contribution in [0.15, 0.2) is 6.20 Å². The molecule has 5 heteroatoms. The Morgan fingerprint density at radius 3 is 2.73 bits per heavy atom. The van der Waals surface area contributed by atoms with Gasteiger partial charge in [0.05, 0.1) is 18.9 Å². The first kappa shape index (κ1) is 17.2. The number of hydrogen-bond acceptors (Lipinski definition) is 5. The Morgan fingerprint density at radius 2 is 2.14 bits per heavy atom. The van der Waals surface area contributed by atoms with Gasteiger partial charge in [0.1, 0.15) is 5.75 Å². The summed E-state index contributed by atoms with van der Waals surface area (Å²) < 4.78 is 5.49. The van der Waals surface area contributed by atoms with Crippen LogP contribution in [0.1, 0.15) is 30.7 Å².